The molecule has 0 unspecified atom stereocenters. The van der Waals surface area contributed by atoms with Gasteiger partial charge in [-0.2, -0.15) is 0 Å². The first-order valence-corrected chi connectivity index (χ1v) is 4.51. The number of Topliss-reactive ketones (excluding diaryl/α,β-unsaturated/α-hetero) is 1. The van der Waals surface area contributed by atoms with Gasteiger partial charge < -0.3 is 10.2 Å². The van der Waals surface area contributed by atoms with Gasteiger partial charge in [0.05, 0.1) is 5.56 Å². The van der Waals surface area contributed by atoms with Gasteiger partial charge in [-0.15, -0.1) is 0 Å². The van der Waals surface area contributed by atoms with Gasteiger partial charge >= 0.3 is 0 Å². The fourth-order valence-electron chi connectivity index (χ4n) is 1.45. The molecule has 1 aromatic rings. The minimum atomic E-state index is -0.204. The maximum atomic E-state index is 11.1. The summed E-state index contributed by atoms with van der Waals surface area (Å²) in [5.74, 6) is -0.297. The van der Waals surface area contributed by atoms with Crippen molar-refractivity contribution < 1.29 is 15.0 Å². The molecular weight excluding hydrogens is 180 g/mol. The van der Waals surface area contributed by atoms with Crippen LogP contribution in [0.1, 0.15) is 42.6 Å². The van der Waals surface area contributed by atoms with Gasteiger partial charge in [0.2, 0.25) is 0 Å². The van der Waals surface area contributed by atoms with E-state index in [1.807, 2.05) is 13.8 Å². The van der Waals surface area contributed by atoms with Gasteiger partial charge in [-0.1, -0.05) is 13.8 Å². The van der Waals surface area contributed by atoms with Crippen LogP contribution in [-0.4, -0.2) is 16.0 Å². The molecule has 2 N–H and O–H groups in total. The smallest absolute Gasteiger partial charge is 0.163 e. The van der Waals surface area contributed by atoms with Crippen molar-refractivity contribution >= 4 is 5.78 Å². The molecule has 0 radical (unpaired) electrons. The highest BCUT2D eigenvalue weighted by atomic mass is 16.3. The molecule has 0 saturated heterocycles. The first-order valence-electron chi connectivity index (χ1n) is 4.51. The van der Waals surface area contributed by atoms with Crippen LogP contribution >= 0.6 is 0 Å². The molecule has 0 amide bonds. The Kier molecular flexibility index (Phi) is 2.79. The van der Waals surface area contributed by atoms with E-state index in [2.05, 4.69) is 0 Å². The Morgan fingerprint density at radius 3 is 2.29 bits per heavy atom. The number of benzene rings is 1. The molecule has 0 aromatic heterocycles. The summed E-state index contributed by atoms with van der Waals surface area (Å²) in [5, 5.41) is 19.2. The maximum Gasteiger partial charge on any atom is 0.163 e. The van der Waals surface area contributed by atoms with Gasteiger partial charge in [0.1, 0.15) is 11.5 Å². The van der Waals surface area contributed by atoms with Crippen LogP contribution in [0.4, 0.5) is 0 Å². The number of aromatic hydroxyl groups is 2. The van der Waals surface area contributed by atoms with Crippen molar-refractivity contribution in [1.29, 1.82) is 0 Å². The van der Waals surface area contributed by atoms with Crippen LogP contribution in [0.2, 0.25) is 0 Å². The van der Waals surface area contributed by atoms with Gasteiger partial charge in [-0.3, -0.25) is 4.79 Å². The molecule has 0 aliphatic heterocycles. The summed E-state index contributed by atoms with van der Waals surface area (Å²) >= 11 is 0. The Morgan fingerprint density at radius 2 is 1.86 bits per heavy atom. The van der Waals surface area contributed by atoms with E-state index in [-0.39, 0.29) is 28.8 Å². The minimum absolute atomic E-state index is 0.0192. The van der Waals surface area contributed by atoms with Crippen molar-refractivity contribution in [1.82, 2.24) is 0 Å². The van der Waals surface area contributed by atoms with E-state index in [1.54, 1.807) is 0 Å². The summed E-state index contributed by atoms with van der Waals surface area (Å²) in [4.78, 5) is 11.1. The number of carbonyl (C=O) groups is 1. The predicted molar refractivity (Wildman–Crippen MR) is 53.9 cm³/mol. The van der Waals surface area contributed by atoms with E-state index >= 15 is 0 Å². The van der Waals surface area contributed by atoms with Gasteiger partial charge in [-0.05, 0) is 25.0 Å². The van der Waals surface area contributed by atoms with Crippen LogP contribution in [0.5, 0.6) is 11.5 Å². The predicted octanol–water partition coefficient (Wildman–Crippen LogP) is 2.42. The molecule has 0 heterocycles. The van der Waals surface area contributed by atoms with E-state index in [9.17, 15) is 15.0 Å². The number of rotatable bonds is 2. The molecule has 0 bridgehead atoms. The molecule has 14 heavy (non-hydrogen) atoms. The van der Waals surface area contributed by atoms with Crippen molar-refractivity contribution in [2.45, 2.75) is 26.7 Å². The number of hydrogen-bond acceptors (Lipinski definition) is 3. The number of phenols is 2. The van der Waals surface area contributed by atoms with Crippen LogP contribution in [-0.2, 0) is 0 Å². The van der Waals surface area contributed by atoms with E-state index in [4.69, 9.17) is 0 Å². The largest absolute Gasteiger partial charge is 0.508 e. The van der Waals surface area contributed by atoms with Gasteiger partial charge in [0.25, 0.3) is 0 Å². The van der Waals surface area contributed by atoms with Gasteiger partial charge in [-0.25, -0.2) is 0 Å². The highest BCUT2D eigenvalue weighted by molar-refractivity contribution is 5.97. The first-order chi connectivity index (χ1) is 6.45. The monoisotopic (exact) mass is 194 g/mol. The zero-order valence-corrected chi connectivity index (χ0v) is 8.53. The summed E-state index contributed by atoms with van der Waals surface area (Å²) in [6.45, 7) is 5.08. The van der Waals surface area contributed by atoms with Crippen molar-refractivity contribution in [3.8, 4) is 11.5 Å². The molecular formula is C11H14O3. The third kappa shape index (κ3) is 1.71. The van der Waals surface area contributed by atoms with Crippen molar-refractivity contribution in [3.05, 3.63) is 23.3 Å². The lowest BCUT2D eigenvalue weighted by Gasteiger charge is -2.12. The topological polar surface area (TPSA) is 57.5 Å². The average molecular weight is 194 g/mol. The Hall–Kier alpha value is -1.51. The standard InChI is InChI=1S/C11H14O3/c1-6(2)10-9(13)5-4-8(7(3)12)11(10)14/h4-6,13-14H,1-3H3. The van der Waals surface area contributed by atoms with E-state index in [0.717, 1.165) is 0 Å². The third-order valence-corrected chi connectivity index (χ3v) is 2.15. The SMILES string of the molecule is CC(=O)c1ccc(O)c(C(C)C)c1O. The first kappa shape index (κ1) is 10.6. The van der Waals surface area contributed by atoms with Crippen molar-refractivity contribution in [2.75, 3.05) is 0 Å². The maximum absolute atomic E-state index is 11.1. The van der Waals surface area contributed by atoms with Crippen LogP contribution in [0.15, 0.2) is 12.1 Å². The zero-order valence-electron chi connectivity index (χ0n) is 8.53. The van der Waals surface area contributed by atoms with Gasteiger partial charge in [0, 0.05) is 5.56 Å². The van der Waals surface area contributed by atoms with Gasteiger partial charge in [0.15, 0.2) is 5.78 Å². The number of ketones is 1. The summed E-state index contributed by atoms with van der Waals surface area (Å²) in [6.07, 6.45) is 0. The highest BCUT2D eigenvalue weighted by Crippen LogP contribution is 2.36. The second kappa shape index (κ2) is 3.70. The molecule has 3 heteroatoms. The summed E-state index contributed by atoms with van der Waals surface area (Å²) in [7, 11) is 0. The van der Waals surface area contributed by atoms with Crippen LogP contribution < -0.4 is 0 Å². The average Bonchev–Trinajstić information content (AvgIpc) is 2.02. The Balaban J connectivity index is 3.41. The van der Waals surface area contributed by atoms with E-state index < -0.39 is 0 Å². The zero-order chi connectivity index (χ0) is 10.9. The molecule has 0 fully saturated rings. The minimum Gasteiger partial charge on any atom is -0.508 e. The third-order valence-electron chi connectivity index (χ3n) is 2.15. The Labute approximate surface area is 83.0 Å². The quantitative estimate of drug-likeness (QED) is 0.711. The van der Waals surface area contributed by atoms with E-state index in [0.29, 0.717) is 5.56 Å². The van der Waals surface area contributed by atoms with Crippen LogP contribution in [0.25, 0.3) is 0 Å². The lowest BCUT2D eigenvalue weighted by atomic mass is 9.96. The van der Waals surface area contributed by atoms with E-state index in [1.165, 1.54) is 19.1 Å². The molecule has 1 aromatic carbocycles. The summed E-state index contributed by atoms with van der Waals surface area (Å²) in [6, 6.07) is 2.87. The molecule has 76 valence electrons. The normalized spacial score (nSPS) is 10.6. The van der Waals surface area contributed by atoms with Crippen LogP contribution in [0, 0.1) is 0 Å². The highest BCUT2D eigenvalue weighted by Gasteiger charge is 2.16. The summed E-state index contributed by atoms with van der Waals surface area (Å²) in [5.41, 5.74) is 0.684. The number of hydrogen-bond donors (Lipinski definition) is 2. The lowest BCUT2D eigenvalue weighted by Crippen LogP contribution is -1.97. The molecule has 0 spiro atoms. The fraction of sp³-hybridized carbons (Fsp3) is 0.364. The number of phenolic OH excluding ortho intramolecular Hbond substituents is 2. The lowest BCUT2D eigenvalue weighted by molar-refractivity contribution is 0.101. The van der Waals surface area contributed by atoms with Crippen molar-refractivity contribution in [2.24, 2.45) is 0 Å². The molecule has 1 rings (SSSR count). The Bertz CT molecular complexity index is 367. The molecule has 0 aliphatic carbocycles. The Morgan fingerprint density at radius 1 is 1.29 bits per heavy atom. The molecule has 0 atom stereocenters. The number of carbonyl (C=O) groups excluding carboxylic acids is 1. The second-order valence-corrected chi connectivity index (χ2v) is 3.61. The molecule has 0 saturated carbocycles. The van der Waals surface area contributed by atoms with Crippen molar-refractivity contribution in [3.63, 3.8) is 0 Å². The van der Waals surface area contributed by atoms with Crippen LogP contribution in [0.3, 0.4) is 0 Å². The fourth-order valence-corrected chi connectivity index (χ4v) is 1.45. The second-order valence-electron chi connectivity index (χ2n) is 3.61. The summed E-state index contributed by atoms with van der Waals surface area (Å²) < 4.78 is 0. The molecule has 3 nitrogen and oxygen atoms in total. The molecule has 0 aliphatic rings.